The number of hydrogen-bond donors (Lipinski definition) is 1. The molecule has 0 spiro atoms. The Hall–Kier alpha value is -3.21. The van der Waals surface area contributed by atoms with Crippen LogP contribution in [0.5, 0.6) is 11.5 Å². The second kappa shape index (κ2) is 5.70. The molecule has 0 saturated carbocycles. The predicted octanol–water partition coefficient (Wildman–Crippen LogP) is 4.44. The van der Waals surface area contributed by atoms with E-state index < -0.39 is 0 Å². The first-order valence-corrected chi connectivity index (χ1v) is 7.89. The number of phenolic OH excluding ortho intramolecular Hbond substituents is 1. The molecule has 25 heavy (non-hydrogen) atoms. The molecule has 0 aliphatic heterocycles. The lowest BCUT2D eigenvalue weighted by Crippen LogP contribution is -2.04. The van der Waals surface area contributed by atoms with Gasteiger partial charge in [0.25, 0.3) is 0 Å². The Bertz CT molecular complexity index is 1150. The summed E-state index contributed by atoms with van der Waals surface area (Å²) in [7, 11) is 0. The smallest absolute Gasteiger partial charge is 0.206 e. The summed E-state index contributed by atoms with van der Waals surface area (Å²) < 4.78 is 17.1. The summed E-state index contributed by atoms with van der Waals surface area (Å²) in [5, 5.41) is 11.0. The third-order valence-electron chi connectivity index (χ3n) is 4.11. The molecule has 5 nitrogen and oxygen atoms in total. The SMILES string of the molecule is Cc1cccc(COc2c3occc3c(O)c3c(=O)cc(C)oc23)c1. The third-order valence-corrected chi connectivity index (χ3v) is 4.11. The lowest BCUT2D eigenvalue weighted by molar-refractivity contribution is 0.303. The van der Waals surface area contributed by atoms with Crippen LogP contribution in [0.4, 0.5) is 0 Å². The Balaban J connectivity index is 1.92. The minimum atomic E-state index is -0.320. The van der Waals surface area contributed by atoms with Crippen LogP contribution < -0.4 is 10.2 Å². The van der Waals surface area contributed by atoms with Gasteiger partial charge in [-0.3, -0.25) is 4.79 Å². The molecule has 0 atom stereocenters. The van der Waals surface area contributed by atoms with E-state index >= 15 is 0 Å². The second-order valence-electron chi connectivity index (χ2n) is 6.04. The minimum Gasteiger partial charge on any atom is -0.506 e. The highest BCUT2D eigenvalue weighted by molar-refractivity contribution is 6.06. The van der Waals surface area contributed by atoms with Gasteiger partial charge in [0, 0.05) is 6.07 Å². The van der Waals surface area contributed by atoms with E-state index in [1.165, 1.54) is 12.3 Å². The molecule has 4 rings (SSSR count). The van der Waals surface area contributed by atoms with E-state index in [0.29, 0.717) is 22.5 Å². The van der Waals surface area contributed by atoms with Crippen molar-refractivity contribution in [2.75, 3.05) is 0 Å². The van der Waals surface area contributed by atoms with Gasteiger partial charge in [0.05, 0.1) is 11.6 Å². The van der Waals surface area contributed by atoms with Crippen LogP contribution in [-0.2, 0) is 6.61 Å². The van der Waals surface area contributed by atoms with Gasteiger partial charge in [0.2, 0.25) is 5.75 Å². The van der Waals surface area contributed by atoms with Crippen LogP contribution in [0, 0.1) is 13.8 Å². The second-order valence-corrected chi connectivity index (χ2v) is 6.04. The lowest BCUT2D eigenvalue weighted by Gasteiger charge is -2.11. The summed E-state index contributed by atoms with van der Waals surface area (Å²) in [5.41, 5.74) is 2.34. The molecule has 5 heteroatoms. The van der Waals surface area contributed by atoms with E-state index in [-0.39, 0.29) is 28.8 Å². The van der Waals surface area contributed by atoms with Crippen molar-refractivity contribution in [3.8, 4) is 11.5 Å². The fourth-order valence-electron chi connectivity index (χ4n) is 2.99. The van der Waals surface area contributed by atoms with E-state index in [9.17, 15) is 9.90 Å². The van der Waals surface area contributed by atoms with E-state index in [1.54, 1.807) is 13.0 Å². The van der Waals surface area contributed by atoms with E-state index in [2.05, 4.69) is 0 Å². The van der Waals surface area contributed by atoms with Gasteiger partial charge in [-0.05, 0) is 25.5 Å². The third kappa shape index (κ3) is 2.54. The van der Waals surface area contributed by atoms with Crippen LogP contribution in [0.15, 0.2) is 56.3 Å². The lowest BCUT2D eigenvalue weighted by atomic mass is 10.1. The Morgan fingerprint density at radius 1 is 1.12 bits per heavy atom. The number of aryl methyl sites for hydroxylation is 2. The molecule has 0 unspecified atom stereocenters. The monoisotopic (exact) mass is 336 g/mol. The van der Waals surface area contributed by atoms with Gasteiger partial charge in [-0.1, -0.05) is 29.8 Å². The number of rotatable bonds is 3. The number of ether oxygens (including phenoxy) is 1. The maximum Gasteiger partial charge on any atom is 0.206 e. The number of hydrogen-bond acceptors (Lipinski definition) is 5. The van der Waals surface area contributed by atoms with Gasteiger partial charge in [0.15, 0.2) is 16.6 Å². The Morgan fingerprint density at radius 2 is 1.96 bits per heavy atom. The van der Waals surface area contributed by atoms with Gasteiger partial charge in [-0.25, -0.2) is 0 Å². The van der Waals surface area contributed by atoms with Crippen molar-refractivity contribution in [2.24, 2.45) is 0 Å². The number of aromatic hydroxyl groups is 1. The molecule has 126 valence electrons. The molecule has 0 aliphatic rings. The van der Waals surface area contributed by atoms with Crippen molar-refractivity contribution < 1.29 is 18.7 Å². The van der Waals surface area contributed by atoms with Crippen molar-refractivity contribution in [2.45, 2.75) is 20.5 Å². The standard InChI is InChI=1S/C20H16O5/c1-11-4-3-5-13(8-11)10-24-20-18-14(6-7-23-18)17(22)16-15(21)9-12(2)25-19(16)20/h3-9,22H,10H2,1-2H3. The van der Waals surface area contributed by atoms with Crippen molar-refractivity contribution >= 4 is 21.9 Å². The Kier molecular flexibility index (Phi) is 3.50. The fourth-order valence-corrected chi connectivity index (χ4v) is 2.99. The molecule has 0 bridgehead atoms. The van der Waals surface area contributed by atoms with Crippen LogP contribution in [0.1, 0.15) is 16.9 Å². The average molecular weight is 336 g/mol. The van der Waals surface area contributed by atoms with Crippen molar-refractivity contribution in [3.05, 3.63) is 69.8 Å². The highest BCUT2D eigenvalue weighted by Gasteiger charge is 2.22. The Morgan fingerprint density at radius 3 is 2.76 bits per heavy atom. The molecule has 0 fully saturated rings. The average Bonchev–Trinajstić information content (AvgIpc) is 3.04. The molecule has 2 aromatic carbocycles. The van der Waals surface area contributed by atoms with Gasteiger partial charge < -0.3 is 18.7 Å². The van der Waals surface area contributed by atoms with Gasteiger partial charge >= 0.3 is 0 Å². The quantitative estimate of drug-likeness (QED) is 0.599. The maximum absolute atomic E-state index is 12.4. The number of fused-ring (bicyclic) bond motifs is 2. The van der Waals surface area contributed by atoms with Crippen molar-refractivity contribution in [1.29, 1.82) is 0 Å². The summed E-state index contributed by atoms with van der Waals surface area (Å²) in [5.74, 6) is 0.591. The molecule has 2 heterocycles. The van der Waals surface area contributed by atoms with Gasteiger partial charge in [-0.15, -0.1) is 0 Å². The summed E-state index contributed by atoms with van der Waals surface area (Å²) in [4.78, 5) is 12.4. The minimum absolute atomic E-state index is 0.0961. The van der Waals surface area contributed by atoms with Gasteiger partial charge in [0.1, 0.15) is 23.5 Å². The normalized spacial score (nSPS) is 11.3. The maximum atomic E-state index is 12.4. The van der Waals surface area contributed by atoms with E-state index in [1.807, 2.05) is 31.2 Å². The van der Waals surface area contributed by atoms with Crippen LogP contribution in [0.2, 0.25) is 0 Å². The summed E-state index contributed by atoms with van der Waals surface area (Å²) in [6.45, 7) is 3.97. The van der Waals surface area contributed by atoms with Crippen LogP contribution in [-0.4, -0.2) is 5.11 Å². The van der Waals surface area contributed by atoms with E-state index in [4.69, 9.17) is 13.6 Å². The fraction of sp³-hybridized carbons (Fsp3) is 0.150. The predicted molar refractivity (Wildman–Crippen MR) is 94.2 cm³/mol. The molecule has 0 amide bonds. The topological polar surface area (TPSA) is 72.8 Å². The van der Waals surface area contributed by atoms with Gasteiger partial charge in [-0.2, -0.15) is 0 Å². The molecule has 0 aliphatic carbocycles. The largest absolute Gasteiger partial charge is 0.506 e. The number of furan rings is 1. The first-order chi connectivity index (χ1) is 12.0. The zero-order chi connectivity index (χ0) is 17.6. The summed E-state index contributed by atoms with van der Waals surface area (Å²) >= 11 is 0. The van der Waals surface area contributed by atoms with Crippen LogP contribution in [0.25, 0.3) is 21.9 Å². The number of benzene rings is 2. The molecule has 0 saturated heterocycles. The summed E-state index contributed by atoms with van der Waals surface area (Å²) in [6, 6.07) is 10.9. The van der Waals surface area contributed by atoms with Crippen LogP contribution in [0.3, 0.4) is 0 Å². The highest BCUT2D eigenvalue weighted by atomic mass is 16.5. The number of phenols is 1. The highest BCUT2D eigenvalue weighted by Crippen LogP contribution is 2.41. The molecule has 4 aromatic rings. The Labute approximate surface area is 143 Å². The van der Waals surface area contributed by atoms with Crippen molar-refractivity contribution in [3.63, 3.8) is 0 Å². The molecule has 1 N–H and O–H groups in total. The summed E-state index contributed by atoms with van der Waals surface area (Å²) in [6.07, 6.45) is 1.44. The molecule has 0 radical (unpaired) electrons. The molecule has 2 aromatic heterocycles. The first-order valence-electron chi connectivity index (χ1n) is 7.89. The first kappa shape index (κ1) is 15.3. The van der Waals surface area contributed by atoms with E-state index in [0.717, 1.165) is 11.1 Å². The van der Waals surface area contributed by atoms with Crippen molar-refractivity contribution in [1.82, 2.24) is 0 Å². The molecular weight excluding hydrogens is 320 g/mol. The zero-order valence-electron chi connectivity index (χ0n) is 13.8. The van der Waals surface area contributed by atoms with Crippen LogP contribution >= 0.6 is 0 Å². The zero-order valence-corrected chi connectivity index (χ0v) is 13.8. The molecular formula is C20H16O5.